The van der Waals surface area contributed by atoms with Gasteiger partial charge in [-0.3, -0.25) is 0 Å². The lowest BCUT2D eigenvalue weighted by Gasteiger charge is -2.19. The van der Waals surface area contributed by atoms with Gasteiger partial charge in [0.05, 0.1) is 11.1 Å². The smallest absolute Gasteiger partial charge is 0.203 e. The molecule has 0 spiro atoms. The zero-order chi connectivity index (χ0) is 26.9. The molecule has 0 unspecified atom stereocenters. The molecular weight excluding hydrogens is 532 g/mol. The molecular formula is C19F16. The van der Waals surface area contributed by atoms with Crippen molar-refractivity contribution >= 4 is 0 Å². The Labute approximate surface area is 181 Å². The Kier molecular flexibility index (Phi) is 6.23. The summed E-state index contributed by atoms with van der Waals surface area (Å²) >= 11 is 0. The van der Waals surface area contributed by atoms with Gasteiger partial charge in [0.2, 0.25) is 5.82 Å². The Bertz CT molecular complexity index is 1340. The predicted octanol–water partition coefficient (Wildman–Crippen LogP) is 7.85. The van der Waals surface area contributed by atoms with Crippen molar-refractivity contribution in [1.29, 1.82) is 0 Å². The van der Waals surface area contributed by atoms with E-state index in [0.717, 1.165) is 0 Å². The van der Waals surface area contributed by atoms with Crippen LogP contribution in [-0.4, -0.2) is 0 Å². The minimum Gasteiger partial charge on any atom is -0.203 e. The molecule has 0 aliphatic carbocycles. The molecule has 0 aliphatic rings. The van der Waals surface area contributed by atoms with E-state index in [1.165, 1.54) is 0 Å². The van der Waals surface area contributed by atoms with Crippen molar-refractivity contribution in [2.24, 2.45) is 0 Å². The summed E-state index contributed by atoms with van der Waals surface area (Å²) in [6.07, 6.45) is -6.17. The van der Waals surface area contributed by atoms with Crippen molar-refractivity contribution < 1.29 is 70.2 Å². The molecule has 35 heavy (non-hydrogen) atoms. The summed E-state index contributed by atoms with van der Waals surface area (Å²) in [6, 6.07) is 0. The summed E-state index contributed by atoms with van der Waals surface area (Å²) in [7, 11) is 0. The molecule has 0 bridgehead atoms. The molecule has 0 saturated carbocycles. The average Bonchev–Trinajstić information content (AvgIpc) is 2.77. The summed E-state index contributed by atoms with van der Waals surface area (Å²) in [5, 5.41) is 0. The van der Waals surface area contributed by atoms with Crippen molar-refractivity contribution in [2.45, 2.75) is 6.18 Å². The number of hydrogen-bond acceptors (Lipinski definition) is 0. The Balaban J connectivity index is 2.68. The largest absolute Gasteiger partial charge is 0.422 e. The number of alkyl halides is 3. The van der Waals surface area contributed by atoms with E-state index in [0.29, 0.717) is 0 Å². The van der Waals surface area contributed by atoms with Crippen LogP contribution in [0.1, 0.15) is 5.56 Å². The van der Waals surface area contributed by atoms with Gasteiger partial charge in [0, 0.05) is 11.1 Å². The van der Waals surface area contributed by atoms with Gasteiger partial charge in [-0.2, -0.15) is 13.2 Å². The van der Waals surface area contributed by atoms with Crippen LogP contribution in [0.2, 0.25) is 0 Å². The van der Waals surface area contributed by atoms with E-state index in [1.807, 2.05) is 0 Å². The summed E-state index contributed by atoms with van der Waals surface area (Å²) in [5.74, 6) is -40.7. The molecule has 0 radical (unpaired) electrons. The van der Waals surface area contributed by atoms with Crippen LogP contribution in [-0.2, 0) is 6.18 Å². The molecule has 0 amide bonds. The number of hydrogen-bond donors (Lipinski definition) is 0. The van der Waals surface area contributed by atoms with E-state index < -0.39 is 110 Å². The summed E-state index contributed by atoms with van der Waals surface area (Å²) < 4.78 is 220. The summed E-state index contributed by atoms with van der Waals surface area (Å²) in [5.41, 5.74) is -14.3. The third-order valence-corrected chi connectivity index (χ3v) is 4.52. The van der Waals surface area contributed by atoms with Crippen molar-refractivity contribution in [3.05, 3.63) is 81.2 Å². The third kappa shape index (κ3) is 3.65. The van der Waals surface area contributed by atoms with Crippen LogP contribution < -0.4 is 0 Å². The summed E-state index contributed by atoms with van der Waals surface area (Å²) in [6.45, 7) is 0. The highest BCUT2D eigenvalue weighted by atomic mass is 19.4. The number of halogens is 16. The van der Waals surface area contributed by atoms with Crippen LogP contribution in [0.25, 0.3) is 22.3 Å². The first-order chi connectivity index (χ1) is 16.0. The molecule has 0 N–H and O–H groups in total. The summed E-state index contributed by atoms with van der Waals surface area (Å²) in [4.78, 5) is 0. The zero-order valence-electron chi connectivity index (χ0n) is 15.5. The van der Waals surface area contributed by atoms with E-state index >= 15 is 0 Å². The van der Waals surface area contributed by atoms with Crippen LogP contribution in [0.3, 0.4) is 0 Å². The highest BCUT2D eigenvalue weighted by molar-refractivity contribution is 5.86. The second-order valence-electron chi connectivity index (χ2n) is 6.45. The first kappa shape index (κ1) is 26.2. The molecule has 16 heteroatoms. The second-order valence-corrected chi connectivity index (χ2v) is 6.45. The molecule has 188 valence electrons. The topological polar surface area (TPSA) is 0 Å². The molecule has 3 rings (SSSR count). The van der Waals surface area contributed by atoms with Gasteiger partial charge < -0.3 is 0 Å². The average molecular weight is 532 g/mol. The normalized spacial score (nSPS) is 12.0. The van der Waals surface area contributed by atoms with Gasteiger partial charge in [-0.05, 0) is 0 Å². The molecule has 0 saturated heterocycles. The van der Waals surface area contributed by atoms with Gasteiger partial charge >= 0.3 is 6.18 Å². The maximum absolute atomic E-state index is 14.5. The maximum atomic E-state index is 14.5. The van der Waals surface area contributed by atoms with Crippen molar-refractivity contribution in [1.82, 2.24) is 0 Å². The lowest BCUT2D eigenvalue weighted by atomic mass is 9.90. The SMILES string of the molecule is Fc1c(F)c(F)c(-c2c(F)c(F)c(F)c(F)c2-c2c(F)c(F)c(C(F)(F)F)c(F)c2F)c(F)c1F. The van der Waals surface area contributed by atoms with Gasteiger partial charge in [-0.1, -0.05) is 0 Å². The Morgan fingerprint density at radius 3 is 0.714 bits per heavy atom. The first-order valence-corrected chi connectivity index (χ1v) is 8.27. The predicted molar refractivity (Wildman–Crippen MR) is 81.8 cm³/mol. The highest BCUT2D eigenvalue weighted by Crippen LogP contribution is 2.46. The minimum absolute atomic E-state index is 2.70. The minimum atomic E-state index is -6.17. The van der Waals surface area contributed by atoms with Crippen LogP contribution in [0, 0.1) is 75.6 Å². The van der Waals surface area contributed by atoms with Crippen LogP contribution in [0.15, 0.2) is 0 Å². The van der Waals surface area contributed by atoms with E-state index in [4.69, 9.17) is 0 Å². The molecule has 3 aromatic carbocycles. The third-order valence-electron chi connectivity index (χ3n) is 4.52. The van der Waals surface area contributed by atoms with Crippen molar-refractivity contribution in [3.63, 3.8) is 0 Å². The van der Waals surface area contributed by atoms with Gasteiger partial charge in [0.25, 0.3) is 0 Å². The van der Waals surface area contributed by atoms with Crippen LogP contribution in [0.5, 0.6) is 0 Å². The van der Waals surface area contributed by atoms with Gasteiger partial charge in [-0.15, -0.1) is 0 Å². The Hall–Kier alpha value is -3.46. The Morgan fingerprint density at radius 2 is 0.457 bits per heavy atom. The van der Waals surface area contributed by atoms with Crippen LogP contribution >= 0.6 is 0 Å². The highest BCUT2D eigenvalue weighted by Gasteiger charge is 2.44. The first-order valence-electron chi connectivity index (χ1n) is 8.27. The van der Waals surface area contributed by atoms with E-state index in [2.05, 4.69) is 0 Å². The number of benzene rings is 3. The molecule has 0 heterocycles. The molecule has 3 aromatic rings. The van der Waals surface area contributed by atoms with E-state index in [-0.39, 0.29) is 0 Å². The molecule has 0 nitrogen and oxygen atoms in total. The zero-order valence-corrected chi connectivity index (χ0v) is 15.5. The molecule has 0 aromatic heterocycles. The van der Waals surface area contributed by atoms with Gasteiger partial charge in [0.1, 0.15) is 5.56 Å². The molecule has 0 fully saturated rings. The van der Waals surface area contributed by atoms with Crippen LogP contribution in [0.4, 0.5) is 70.2 Å². The van der Waals surface area contributed by atoms with E-state index in [9.17, 15) is 70.2 Å². The van der Waals surface area contributed by atoms with Crippen molar-refractivity contribution in [2.75, 3.05) is 0 Å². The fourth-order valence-electron chi connectivity index (χ4n) is 3.03. The fraction of sp³-hybridized carbons (Fsp3) is 0.0526. The Morgan fingerprint density at radius 1 is 0.257 bits per heavy atom. The quantitative estimate of drug-likeness (QED) is 0.179. The maximum Gasteiger partial charge on any atom is 0.422 e. The van der Waals surface area contributed by atoms with Crippen molar-refractivity contribution in [3.8, 4) is 22.3 Å². The monoisotopic (exact) mass is 532 g/mol. The van der Waals surface area contributed by atoms with Gasteiger partial charge in [0.15, 0.2) is 69.8 Å². The second kappa shape index (κ2) is 8.34. The standard InChI is InChI=1S/C19F16/c20-6-1(3-8(22)12(26)5(19(33,34)35)13(27)9(3)23)2(7(21)15(29)14(6)28)4-10(24)16(30)18(32)17(31)11(4)25. The molecule has 0 aliphatic heterocycles. The molecule has 0 atom stereocenters. The fourth-order valence-corrected chi connectivity index (χ4v) is 3.03. The van der Waals surface area contributed by atoms with E-state index in [1.54, 1.807) is 0 Å². The lowest BCUT2D eigenvalue weighted by molar-refractivity contribution is -0.143. The number of rotatable bonds is 2. The lowest BCUT2D eigenvalue weighted by Crippen LogP contribution is -2.17. The van der Waals surface area contributed by atoms with Gasteiger partial charge in [-0.25, -0.2) is 57.1 Å².